The summed E-state index contributed by atoms with van der Waals surface area (Å²) in [5, 5.41) is 7.49. The monoisotopic (exact) mass is 505 g/mol. The molecule has 0 saturated heterocycles. The molecule has 2 amide bonds. The van der Waals surface area contributed by atoms with Crippen molar-refractivity contribution in [3.63, 3.8) is 0 Å². The summed E-state index contributed by atoms with van der Waals surface area (Å²) in [6, 6.07) is 21.2. The van der Waals surface area contributed by atoms with Crippen molar-refractivity contribution < 1.29 is 19.1 Å². The number of hydrogen-bond acceptors (Lipinski definition) is 6. The Balaban J connectivity index is 1.30. The van der Waals surface area contributed by atoms with Gasteiger partial charge in [-0.1, -0.05) is 48.9 Å². The maximum absolute atomic E-state index is 12.6. The summed E-state index contributed by atoms with van der Waals surface area (Å²) in [6.45, 7) is 2.03. The Kier molecular flexibility index (Phi) is 7.54. The molecule has 0 aliphatic rings. The summed E-state index contributed by atoms with van der Waals surface area (Å²) in [6.07, 6.45) is 2.25. The third-order valence-electron chi connectivity index (χ3n) is 5.02. The van der Waals surface area contributed by atoms with Gasteiger partial charge in [0.25, 0.3) is 0 Å². The van der Waals surface area contributed by atoms with E-state index in [1.807, 2.05) is 43.3 Å². The average molecular weight is 506 g/mol. The van der Waals surface area contributed by atoms with Gasteiger partial charge in [-0.15, -0.1) is 11.3 Å². The van der Waals surface area contributed by atoms with Crippen LogP contribution in [0.2, 0.25) is 5.02 Å². The average Bonchev–Trinajstić information content (AvgIpc) is 3.22. The first kappa shape index (κ1) is 24.1. The Hall–Kier alpha value is -4.01. The predicted octanol–water partition coefficient (Wildman–Crippen LogP) is 5.43. The number of anilines is 1. The van der Waals surface area contributed by atoms with Gasteiger partial charge < -0.3 is 10.1 Å². The van der Waals surface area contributed by atoms with Crippen LogP contribution in [0.4, 0.5) is 5.69 Å². The molecule has 4 rings (SSSR count). The van der Waals surface area contributed by atoms with E-state index in [1.54, 1.807) is 36.4 Å². The molecule has 3 aromatic carbocycles. The fourth-order valence-electron chi connectivity index (χ4n) is 3.15. The Morgan fingerprint density at radius 1 is 0.971 bits per heavy atom. The largest absolute Gasteiger partial charge is 0.422 e. The summed E-state index contributed by atoms with van der Waals surface area (Å²) in [5.74, 6) is -1.93. The number of ether oxygens (including phenoxy) is 1. The van der Waals surface area contributed by atoms with Crippen molar-refractivity contribution in [1.29, 1.82) is 0 Å². The Morgan fingerprint density at radius 3 is 2.37 bits per heavy atom. The van der Waals surface area contributed by atoms with E-state index < -0.39 is 17.8 Å². The van der Waals surface area contributed by atoms with Gasteiger partial charge in [-0.2, -0.15) is 5.10 Å². The SMILES string of the molecule is CCc1ccc(NC(=O)C(=O)N/N=C\c2ccc(OC(=O)c3sc4ccccc4c3Cl)cc2)cc1. The fraction of sp³-hybridized carbons (Fsp3) is 0.0769. The third-order valence-corrected chi connectivity index (χ3v) is 6.67. The quantitative estimate of drug-likeness (QED) is 0.120. The maximum atomic E-state index is 12.6. The molecule has 0 saturated carbocycles. The number of hydrogen-bond donors (Lipinski definition) is 2. The second kappa shape index (κ2) is 10.9. The van der Waals surface area contributed by atoms with Crippen molar-refractivity contribution in [2.45, 2.75) is 13.3 Å². The first-order chi connectivity index (χ1) is 16.9. The molecule has 0 fully saturated rings. The van der Waals surface area contributed by atoms with Gasteiger partial charge >= 0.3 is 17.8 Å². The molecule has 0 aliphatic heterocycles. The van der Waals surface area contributed by atoms with E-state index in [0.717, 1.165) is 22.1 Å². The zero-order valence-electron chi connectivity index (χ0n) is 18.6. The standard InChI is InChI=1S/C26H20ClN3O4S/c1-2-16-7-11-18(12-8-16)29-24(31)25(32)30-28-15-17-9-13-19(14-10-17)34-26(33)23-22(27)20-5-3-4-6-21(20)35-23/h3-15H,2H2,1H3,(H,29,31)(H,30,32)/b28-15-. The number of rotatable bonds is 6. The topological polar surface area (TPSA) is 96.9 Å². The number of carbonyl (C=O) groups is 3. The highest BCUT2D eigenvalue weighted by Crippen LogP contribution is 2.35. The molecule has 7 nitrogen and oxygen atoms in total. The number of halogens is 1. The van der Waals surface area contributed by atoms with E-state index in [-0.39, 0.29) is 0 Å². The van der Waals surface area contributed by atoms with Gasteiger partial charge in [0.05, 0.1) is 11.2 Å². The molecule has 1 aromatic heterocycles. The molecule has 2 N–H and O–H groups in total. The number of esters is 1. The van der Waals surface area contributed by atoms with Gasteiger partial charge in [0, 0.05) is 15.8 Å². The number of benzene rings is 3. The van der Waals surface area contributed by atoms with Crippen molar-refractivity contribution >= 4 is 62.7 Å². The van der Waals surface area contributed by atoms with Crippen molar-refractivity contribution in [3.05, 3.63) is 93.8 Å². The minimum absolute atomic E-state index is 0.332. The lowest BCUT2D eigenvalue weighted by Crippen LogP contribution is -2.32. The molecule has 35 heavy (non-hydrogen) atoms. The zero-order valence-corrected chi connectivity index (χ0v) is 20.2. The molecular formula is C26H20ClN3O4S. The number of amides is 2. The number of carbonyl (C=O) groups excluding carboxylic acids is 3. The highest BCUT2D eigenvalue weighted by molar-refractivity contribution is 7.21. The minimum Gasteiger partial charge on any atom is -0.422 e. The van der Waals surface area contributed by atoms with E-state index in [1.165, 1.54) is 17.6 Å². The van der Waals surface area contributed by atoms with Crippen LogP contribution < -0.4 is 15.5 Å². The molecule has 0 atom stereocenters. The van der Waals surface area contributed by atoms with Crippen LogP contribution in [-0.2, 0) is 16.0 Å². The molecule has 0 radical (unpaired) electrons. The van der Waals surface area contributed by atoms with Crippen LogP contribution in [0.1, 0.15) is 27.7 Å². The Labute approximate surface area is 210 Å². The summed E-state index contributed by atoms with van der Waals surface area (Å²) in [7, 11) is 0. The van der Waals surface area contributed by atoms with Crippen LogP contribution in [0.3, 0.4) is 0 Å². The van der Waals surface area contributed by atoms with Gasteiger partial charge in [-0.25, -0.2) is 10.2 Å². The first-order valence-corrected chi connectivity index (χ1v) is 11.9. The number of fused-ring (bicyclic) bond motifs is 1. The van der Waals surface area contributed by atoms with Crippen LogP contribution in [0.5, 0.6) is 5.75 Å². The molecule has 0 aliphatic carbocycles. The lowest BCUT2D eigenvalue weighted by molar-refractivity contribution is -0.136. The highest BCUT2D eigenvalue weighted by Gasteiger charge is 2.19. The minimum atomic E-state index is -0.897. The lowest BCUT2D eigenvalue weighted by Gasteiger charge is -2.05. The molecule has 1 heterocycles. The van der Waals surface area contributed by atoms with E-state index >= 15 is 0 Å². The lowest BCUT2D eigenvalue weighted by atomic mass is 10.1. The number of thiophene rings is 1. The normalized spacial score (nSPS) is 10.9. The molecule has 9 heteroatoms. The smallest absolute Gasteiger partial charge is 0.355 e. The number of aryl methyl sites for hydroxylation is 1. The molecule has 176 valence electrons. The van der Waals surface area contributed by atoms with Crippen molar-refractivity contribution in [3.8, 4) is 5.75 Å². The molecule has 0 bridgehead atoms. The van der Waals surface area contributed by atoms with E-state index in [9.17, 15) is 14.4 Å². The van der Waals surface area contributed by atoms with Gasteiger partial charge in [0.15, 0.2) is 0 Å². The molecular weight excluding hydrogens is 486 g/mol. The zero-order chi connectivity index (χ0) is 24.8. The van der Waals surface area contributed by atoms with Gasteiger partial charge in [0.2, 0.25) is 0 Å². The molecule has 4 aromatic rings. The molecule has 0 spiro atoms. The Morgan fingerprint density at radius 2 is 1.69 bits per heavy atom. The van der Waals surface area contributed by atoms with Crippen molar-refractivity contribution in [1.82, 2.24) is 5.43 Å². The summed E-state index contributed by atoms with van der Waals surface area (Å²) < 4.78 is 6.33. The molecule has 0 unspecified atom stereocenters. The fourth-order valence-corrected chi connectivity index (χ4v) is 4.53. The van der Waals surface area contributed by atoms with Crippen LogP contribution >= 0.6 is 22.9 Å². The number of hydrazone groups is 1. The number of nitrogens with one attached hydrogen (secondary N) is 2. The number of nitrogens with zero attached hydrogens (tertiary/aromatic N) is 1. The van der Waals surface area contributed by atoms with E-state index in [0.29, 0.717) is 26.9 Å². The van der Waals surface area contributed by atoms with Crippen LogP contribution in [-0.4, -0.2) is 24.0 Å². The summed E-state index contributed by atoms with van der Waals surface area (Å²) in [5.41, 5.74) is 4.45. The Bertz CT molecular complexity index is 1410. The van der Waals surface area contributed by atoms with E-state index in [4.69, 9.17) is 16.3 Å². The van der Waals surface area contributed by atoms with Crippen molar-refractivity contribution in [2.24, 2.45) is 5.10 Å². The highest BCUT2D eigenvalue weighted by atomic mass is 35.5. The summed E-state index contributed by atoms with van der Waals surface area (Å²) in [4.78, 5) is 36.8. The predicted molar refractivity (Wildman–Crippen MR) is 138 cm³/mol. The van der Waals surface area contributed by atoms with Gasteiger partial charge in [-0.3, -0.25) is 9.59 Å². The third kappa shape index (κ3) is 5.92. The van der Waals surface area contributed by atoms with Crippen LogP contribution in [0, 0.1) is 0 Å². The van der Waals surface area contributed by atoms with Crippen molar-refractivity contribution in [2.75, 3.05) is 5.32 Å². The van der Waals surface area contributed by atoms with Crippen LogP contribution in [0.15, 0.2) is 77.9 Å². The van der Waals surface area contributed by atoms with Crippen LogP contribution in [0.25, 0.3) is 10.1 Å². The summed E-state index contributed by atoms with van der Waals surface area (Å²) >= 11 is 7.61. The first-order valence-electron chi connectivity index (χ1n) is 10.7. The van der Waals surface area contributed by atoms with Gasteiger partial charge in [0.1, 0.15) is 10.6 Å². The maximum Gasteiger partial charge on any atom is 0.355 e. The van der Waals surface area contributed by atoms with E-state index in [2.05, 4.69) is 15.8 Å². The second-order valence-electron chi connectivity index (χ2n) is 7.40. The van der Waals surface area contributed by atoms with Gasteiger partial charge in [-0.05, 0) is 60.0 Å². The second-order valence-corrected chi connectivity index (χ2v) is 8.83.